The lowest BCUT2D eigenvalue weighted by atomic mass is 9.94. The van der Waals surface area contributed by atoms with Gasteiger partial charge in [-0.25, -0.2) is 4.79 Å². The molecule has 2 N–H and O–H groups in total. The van der Waals surface area contributed by atoms with E-state index in [1.165, 1.54) is 11.1 Å². The Kier molecular flexibility index (Phi) is 4.74. The number of likely N-dealkylation sites (tertiary alicyclic amines) is 1. The van der Waals surface area contributed by atoms with Gasteiger partial charge in [0.1, 0.15) is 6.61 Å². The first-order valence-corrected chi connectivity index (χ1v) is 10.6. The lowest BCUT2D eigenvalue weighted by molar-refractivity contribution is -0.138. The summed E-state index contributed by atoms with van der Waals surface area (Å²) < 4.78 is 5.66. The molecule has 0 bridgehead atoms. The minimum absolute atomic E-state index is 0.00915. The Morgan fingerprint density at radius 1 is 1.07 bits per heavy atom. The third-order valence-electron chi connectivity index (χ3n) is 6.65. The van der Waals surface area contributed by atoms with E-state index < -0.39 is 17.6 Å². The maximum Gasteiger partial charge on any atom is 0.407 e. The van der Waals surface area contributed by atoms with Crippen molar-refractivity contribution in [2.24, 2.45) is 0 Å². The molecule has 156 valence electrons. The first kappa shape index (κ1) is 19.1. The van der Waals surface area contributed by atoms with Crippen LogP contribution in [0.15, 0.2) is 48.5 Å². The van der Waals surface area contributed by atoms with E-state index in [2.05, 4.69) is 34.5 Å². The molecule has 1 saturated carbocycles. The standard InChI is InChI=1S/C24H26N2O4/c27-22(28)13-24(11-12-26(15-24)16-9-10-16)25-23(29)30-14-21-19-7-3-1-5-17(19)18-6-2-4-8-20(18)21/h1-8,16,21H,9-15H2,(H,25,29)(H,27,28). The zero-order valence-corrected chi connectivity index (χ0v) is 16.8. The van der Waals surface area contributed by atoms with Gasteiger partial charge in [-0.2, -0.15) is 0 Å². The van der Waals surface area contributed by atoms with Gasteiger partial charge in [0.05, 0.1) is 12.0 Å². The summed E-state index contributed by atoms with van der Waals surface area (Å²) in [6, 6.07) is 17.0. The second-order valence-corrected chi connectivity index (χ2v) is 8.75. The Labute approximate surface area is 175 Å². The van der Waals surface area contributed by atoms with Crippen LogP contribution in [0.25, 0.3) is 11.1 Å². The Morgan fingerprint density at radius 2 is 1.70 bits per heavy atom. The second kappa shape index (κ2) is 7.43. The fourth-order valence-corrected chi connectivity index (χ4v) is 5.09. The van der Waals surface area contributed by atoms with Crippen molar-refractivity contribution in [3.05, 3.63) is 59.7 Å². The summed E-state index contributed by atoms with van der Waals surface area (Å²) in [6.07, 6.45) is 2.35. The number of hydrogen-bond donors (Lipinski definition) is 2. The summed E-state index contributed by atoms with van der Waals surface area (Å²) >= 11 is 0. The van der Waals surface area contributed by atoms with Crippen molar-refractivity contribution in [2.75, 3.05) is 19.7 Å². The van der Waals surface area contributed by atoms with Crippen LogP contribution in [0.4, 0.5) is 4.79 Å². The quantitative estimate of drug-likeness (QED) is 0.766. The number of nitrogens with one attached hydrogen (secondary N) is 1. The predicted octanol–water partition coefficient (Wildman–Crippen LogP) is 3.61. The summed E-state index contributed by atoms with van der Waals surface area (Å²) in [5.41, 5.74) is 3.93. The van der Waals surface area contributed by atoms with E-state index >= 15 is 0 Å². The average Bonchev–Trinajstić information content (AvgIpc) is 3.43. The molecule has 3 aliphatic rings. The minimum Gasteiger partial charge on any atom is -0.481 e. The van der Waals surface area contributed by atoms with Crippen molar-refractivity contribution >= 4 is 12.1 Å². The zero-order chi connectivity index (χ0) is 20.7. The minimum atomic E-state index is -0.897. The van der Waals surface area contributed by atoms with Crippen LogP contribution in [0, 0.1) is 0 Å². The number of nitrogens with zero attached hydrogens (tertiary/aromatic N) is 1. The molecular formula is C24H26N2O4. The Hall–Kier alpha value is -2.86. The molecule has 2 aliphatic carbocycles. The molecule has 1 heterocycles. The molecule has 1 atom stereocenters. The monoisotopic (exact) mass is 406 g/mol. The molecule has 2 fully saturated rings. The number of carbonyl (C=O) groups excluding carboxylic acids is 1. The third-order valence-corrected chi connectivity index (χ3v) is 6.65. The number of fused-ring (bicyclic) bond motifs is 3. The molecular weight excluding hydrogens is 380 g/mol. The van der Waals surface area contributed by atoms with E-state index in [0.717, 1.165) is 30.5 Å². The normalized spacial score (nSPS) is 23.1. The molecule has 1 aliphatic heterocycles. The molecule has 0 aromatic heterocycles. The Balaban J connectivity index is 1.28. The molecule has 2 aromatic rings. The average molecular weight is 406 g/mol. The second-order valence-electron chi connectivity index (χ2n) is 8.75. The van der Waals surface area contributed by atoms with Gasteiger partial charge in [-0.3, -0.25) is 9.69 Å². The number of carboxylic acid groups (broad SMARTS) is 1. The topological polar surface area (TPSA) is 78.9 Å². The van der Waals surface area contributed by atoms with Crippen molar-refractivity contribution in [2.45, 2.75) is 43.2 Å². The van der Waals surface area contributed by atoms with Crippen molar-refractivity contribution in [1.29, 1.82) is 0 Å². The van der Waals surface area contributed by atoms with Crippen LogP contribution >= 0.6 is 0 Å². The Morgan fingerprint density at radius 3 is 2.30 bits per heavy atom. The van der Waals surface area contributed by atoms with Gasteiger partial charge in [0.15, 0.2) is 0 Å². The lowest BCUT2D eigenvalue weighted by Crippen LogP contribution is -2.52. The van der Waals surface area contributed by atoms with Gasteiger partial charge in [-0.05, 0) is 41.5 Å². The smallest absolute Gasteiger partial charge is 0.407 e. The van der Waals surface area contributed by atoms with E-state index in [1.54, 1.807) is 0 Å². The van der Waals surface area contributed by atoms with Crippen LogP contribution in [0.2, 0.25) is 0 Å². The van der Waals surface area contributed by atoms with Gasteiger partial charge in [0.25, 0.3) is 0 Å². The molecule has 1 unspecified atom stereocenters. The van der Waals surface area contributed by atoms with E-state index in [4.69, 9.17) is 4.74 Å². The highest BCUT2D eigenvalue weighted by molar-refractivity contribution is 5.79. The summed E-state index contributed by atoms with van der Waals surface area (Å²) in [7, 11) is 0. The van der Waals surface area contributed by atoms with Crippen molar-refractivity contribution in [3.8, 4) is 11.1 Å². The Bertz CT molecular complexity index is 941. The highest BCUT2D eigenvalue weighted by Crippen LogP contribution is 2.44. The number of benzene rings is 2. The number of ether oxygens (including phenoxy) is 1. The van der Waals surface area contributed by atoms with Gasteiger partial charge < -0.3 is 15.2 Å². The van der Waals surface area contributed by atoms with Gasteiger partial charge in [-0.1, -0.05) is 48.5 Å². The predicted molar refractivity (Wildman–Crippen MR) is 112 cm³/mol. The van der Waals surface area contributed by atoms with Gasteiger partial charge in [-0.15, -0.1) is 0 Å². The molecule has 0 spiro atoms. The molecule has 1 amide bonds. The third kappa shape index (κ3) is 3.56. The number of alkyl carbamates (subject to hydrolysis) is 1. The van der Waals surface area contributed by atoms with Crippen molar-refractivity contribution in [3.63, 3.8) is 0 Å². The molecule has 30 heavy (non-hydrogen) atoms. The fourth-order valence-electron chi connectivity index (χ4n) is 5.09. The lowest BCUT2D eigenvalue weighted by Gasteiger charge is -2.29. The fraction of sp³-hybridized carbons (Fsp3) is 0.417. The number of amides is 1. The van der Waals surface area contributed by atoms with Crippen molar-refractivity contribution < 1.29 is 19.4 Å². The number of rotatable bonds is 6. The van der Waals surface area contributed by atoms with Crippen LogP contribution in [-0.4, -0.2) is 53.3 Å². The summed E-state index contributed by atoms with van der Waals surface area (Å²) in [5.74, 6) is -0.906. The maximum absolute atomic E-state index is 12.7. The van der Waals surface area contributed by atoms with Gasteiger partial charge in [0.2, 0.25) is 0 Å². The summed E-state index contributed by atoms with van der Waals surface area (Å²) in [5, 5.41) is 12.3. The van der Waals surface area contributed by atoms with Crippen LogP contribution in [0.5, 0.6) is 0 Å². The maximum atomic E-state index is 12.7. The molecule has 1 saturated heterocycles. The number of carboxylic acids is 1. The molecule has 6 nitrogen and oxygen atoms in total. The highest BCUT2D eigenvalue weighted by atomic mass is 16.5. The van der Waals surface area contributed by atoms with Gasteiger partial charge >= 0.3 is 12.1 Å². The van der Waals surface area contributed by atoms with E-state index in [1.807, 2.05) is 24.3 Å². The molecule has 2 aromatic carbocycles. The van der Waals surface area contributed by atoms with Crippen LogP contribution in [0.3, 0.4) is 0 Å². The SMILES string of the molecule is O=C(O)CC1(NC(=O)OCC2c3ccccc3-c3ccccc32)CCN(C2CC2)C1. The van der Waals surface area contributed by atoms with Crippen molar-refractivity contribution in [1.82, 2.24) is 10.2 Å². The van der Waals surface area contributed by atoms with Gasteiger partial charge in [0, 0.05) is 25.0 Å². The molecule has 0 radical (unpaired) electrons. The van der Waals surface area contributed by atoms with E-state index in [9.17, 15) is 14.7 Å². The number of aliphatic carboxylic acids is 1. The molecule has 5 rings (SSSR count). The largest absolute Gasteiger partial charge is 0.481 e. The van der Waals surface area contributed by atoms with Crippen LogP contribution < -0.4 is 5.32 Å². The zero-order valence-electron chi connectivity index (χ0n) is 16.8. The number of carbonyl (C=O) groups is 2. The summed E-state index contributed by atoms with van der Waals surface area (Å²) in [4.78, 5) is 26.5. The van der Waals surface area contributed by atoms with Crippen LogP contribution in [-0.2, 0) is 9.53 Å². The van der Waals surface area contributed by atoms with E-state index in [0.29, 0.717) is 19.0 Å². The van der Waals surface area contributed by atoms with E-state index in [-0.39, 0.29) is 18.9 Å². The summed E-state index contributed by atoms with van der Waals surface area (Å²) in [6.45, 7) is 1.63. The van der Waals surface area contributed by atoms with Crippen LogP contribution in [0.1, 0.15) is 42.7 Å². The first-order valence-electron chi connectivity index (χ1n) is 10.6. The first-order chi connectivity index (χ1) is 14.5. The molecule has 6 heteroatoms. The highest BCUT2D eigenvalue weighted by Gasteiger charge is 2.45. The number of hydrogen-bond acceptors (Lipinski definition) is 4.